The second-order valence-corrected chi connectivity index (χ2v) is 8.47. The highest BCUT2D eigenvalue weighted by Gasteiger charge is 2.21. The van der Waals surface area contributed by atoms with Gasteiger partial charge in [0.2, 0.25) is 5.91 Å². The van der Waals surface area contributed by atoms with E-state index in [4.69, 9.17) is 0 Å². The predicted molar refractivity (Wildman–Crippen MR) is 115 cm³/mol. The SMILES string of the molecule is CCc1nc(CN2CCN(C(=O)CCc3cn(C)c4ccccc34)CC2)cs1. The predicted octanol–water partition coefficient (Wildman–Crippen LogP) is 3.47. The zero-order chi connectivity index (χ0) is 19.5. The number of piperazine rings is 1. The van der Waals surface area contributed by atoms with Crippen molar-refractivity contribution in [3.8, 4) is 0 Å². The van der Waals surface area contributed by atoms with Gasteiger partial charge in [0, 0.05) is 68.7 Å². The van der Waals surface area contributed by atoms with Gasteiger partial charge in [0.1, 0.15) is 0 Å². The van der Waals surface area contributed by atoms with Crippen LogP contribution in [0, 0.1) is 0 Å². The van der Waals surface area contributed by atoms with Crippen molar-refractivity contribution in [2.45, 2.75) is 32.7 Å². The molecule has 0 unspecified atom stereocenters. The molecule has 2 aromatic heterocycles. The zero-order valence-electron chi connectivity index (χ0n) is 16.7. The first-order valence-electron chi connectivity index (χ1n) is 10.1. The first-order chi connectivity index (χ1) is 13.6. The molecule has 1 aromatic carbocycles. The summed E-state index contributed by atoms with van der Waals surface area (Å²) in [6, 6.07) is 8.41. The molecule has 0 saturated carbocycles. The Balaban J connectivity index is 1.28. The minimum absolute atomic E-state index is 0.273. The number of hydrogen-bond donors (Lipinski definition) is 0. The van der Waals surface area contributed by atoms with Gasteiger partial charge in [-0.1, -0.05) is 25.1 Å². The number of aryl methyl sites for hydroxylation is 3. The number of aromatic nitrogens is 2. The second kappa shape index (κ2) is 8.45. The topological polar surface area (TPSA) is 41.4 Å². The molecule has 0 N–H and O–H groups in total. The molecule has 5 nitrogen and oxygen atoms in total. The van der Waals surface area contributed by atoms with Crippen LogP contribution < -0.4 is 0 Å². The molecule has 1 aliphatic rings. The second-order valence-electron chi connectivity index (χ2n) is 7.53. The number of carbonyl (C=O) groups is 1. The Hall–Kier alpha value is -2.18. The van der Waals surface area contributed by atoms with Gasteiger partial charge in [0.15, 0.2) is 0 Å². The molecule has 1 aliphatic heterocycles. The third-order valence-electron chi connectivity index (χ3n) is 5.60. The maximum Gasteiger partial charge on any atom is 0.222 e. The van der Waals surface area contributed by atoms with E-state index in [0.717, 1.165) is 51.3 Å². The fraction of sp³-hybridized carbons (Fsp3) is 0.455. The van der Waals surface area contributed by atoms with Crippen molar-refractivity contribution in [1.29, 1.82) is 0 Å². The van der Waals surface area contributed by atoms with Crippen LogP contribution in [-0.2, 0) is 31.2 Å². The summed E-state index contributed by atoms with van der Waals surface area (Å²) in [6.07, 6.45) is 4.55. The van der Waals surface area contributed by atoms with Crippen LogP contribution in [0.25, 0.3) is 10.9 Å². The molecule has 6 heteroatoms. The summed E-state index contributed by atoms with van der Waals surface area (Å²) in [7, 11) is 2.07. The van der Waals surface area contributed by atoms with Gasteiger partial charge in [-0.2, -0.15) is 0 Å². The lowest BCUT2D eigenvalue weighted by atomic mass is 10.1. The summed E-state index contributed by atoms with van der Waals surface area (Å²) in [6.45, 7) is 6.54. The van der Waals surface area contributed by atoms with Gasteiger partial charge in [-0.05, 0) is 24.5 Å². The lowest BCUT2D eigenvalue weighted by Crippen LogP contribution is -2.48. The van der Waals surface area contributed by atoms with Crippen LogP contribution >= 0.6 is 11.3 Å². The van der Waals surface area contributed by atoms with E-state index in [1.165, 1.54) is 21.5 Å². The normalized spacial score (nSPS) is 15.4. The first kappa shape index (κ1) is 19.2. The number of benzene rings is 1. The monoisotopic (exact) mass is 396 g/mol. The summed E-state index contributed by atoms with van der Waals surface area (Å²) >= 11 is 1.75. The average Bonchev–Trinajstić information content (AvgIpc) is 3.31. The smallest absolute Gasteiger partial charge is 0.222 e. The number of amides is 1. The maximum atomic E-state index is 12.7. The van der Waals surface area contributed by atoms with E-state index in [0.29, 0.717) is 6.42 Å². The first-order valence-corrected chi connectivity index (χ1v) is 11.0. The van der Waals surface area contributed by atoms with Gasteiger partial charge in [-0.15, -0.1) is 11.3 Å². The van der Waals surface area contributed by atoms with E-state index < -0.39 is 0 Å². The van der Waals surface area contributed by atoms with Crippen molar-refractivity contribution in [2.75, 3.05) is 26.2 Å². The average molecular weight is 397 g/mol. The molecule has 1 fully saturated rings. The van der Waals surface area contributed by atoms with Crippen molar-refractivity contribution < 1.29 is 4.79 Å². The Bertz CT molecular complexity index is 953. The molecule has 0 spiro atoms. The summed E-state index contributed by atoms with van der Waals surface area (Å²) < 4.78 is 2.15. The van der Waals surface area contributed by atoms with E-state index in [9.17, 15) is 4.79 Å². The zero-order valence-corrected chi connectivity index (χ0v) is 17.5. The molecule has 0 bridgehead atoms. The van der Waals surface area contributed by atoms with Crippen molar-refractivity contribution in [1.82, 2.24) is 19.4 Å². The summed E-state index contributed by atoms with van der Waals surface area (Å²) in [5, 5.41) is 4.63. The highest BCUT2D eigenvalue weighted by atomic mass is 32.1. The quantitative estimate of drug-likeness (QED) is 0.641. The van der Waals surface area contributed by atoms with E-state index in [1.54, 1.807) is 11.3 Å². The Labute approximate surface area is 170 Å². The van der Waals surface area contributed by atoms with Crippen molar-refractivity contribution >= 4 is 28.1 Å². The van der Waals surface area contributed by atoms with Gasteiger partial charge in [-0.25, -0.2) is 4.98 Å². The van der Waals surface area contributed by atoms with Gasteiger partial charge in [0.25, 0.3) is 0 Å². The summed E-state index contributed by atoms with van der Waals surface area (Å²) in [4.78, 5) is 21.8. The third-order valence-corrected chi connectivity index (χ3v) is 6.64. The number of carbonyl (C=O) groups excluding carboxylic acids is 1. The highest BCUT2D eigenvalue weighted by molar-refractivity contribution is 7.09. The van der Waals surface area contributed by atoms with Gasteiger partial charge < -0.3 is 9.47 Å². The lowest BCUT2D eigenvalue weighted by Gasteiger charge is -2.34. The Morgan fingerprint density at radius 3 is 2.71 bits per heavy atom. The number of thiazole rings is 1. The molecule has 28 heavy (non-hydrogen) atoms. The van der Waals surface area contributed by atoms with Crippen molar-refractivity contribution in [3.05, 3.63) is 52.1 Å². The lowest BCUT2D eigenvalue weighted by molar-refractivity contribution is -0.133. The van der Waals surface area contributed by atoms with E-state index >= 15 is 0 Å². The number of fused-ring (bicyclic) bond motifs is 1. The van der Waals surface area contributed by atoms with E-state index in [2.05, 4.69) is 64.3 Å². The molecule has 0 radical (unpaired) electrons. The fourth-order valence-corrected chi connectivity index (χ4v) is 4.73. The molecular formula is C22H28N4OS. The molecule has 1 amide bonds. The summed E-state index contributed by atoms with van der Waals surface area (Å²) in [5.74, 6) is 0.273. The molecule has 0 atom stereocenters. The van der Waals surface area contributed by atoms with E-state index in [1.807, 2.05) is 4.90 Å². The van der Waals surface area contributed by atoms with Crippen LogP contribution in [0.3, 0.4) is 0 Å². The minimum atomic E-state index is 0.273. The summed E-state index contributed by atoms with van der Waals surface area (Å²) in [5.41, 5.74) is 3.66. The molecule has 0 aliphatic carbocycles. The van der Waals surface area contributed by atoms with Gasteiger partial charge >= 0.3 is 0 Å². The van der Waals surface area contributed by atoms with Crippen molar-refractivity contribution in [3.63, 3.8) is 0 Å². The molecule has 3 aromatic rings. The third kappa shape index (κ3) is 4.13. The van der Waals surface area contributed by atoms with Crippen LogP contribution in [0.15, 0.2) is 35.8 Å². The minimum Gasteiger partial charge on any atom is -0.350 e. The molecule has 4 rings (SSSR count). The molecule has 148 valence electrons. The van der Waals surface area contributed by atoms with E-state index in [-0.39, 0.29) is 5.91 Å². The molecular weight excluding hydrogens is 368 g/mol. The van der Waals surface area contributed by atoms with Gasteiger partial charge in [0.05, 0.1) is 10.7 Å². The maximum absolute atomic E-state index is 12.7. The number of hydrogen-bond acceptors (Lipinski definition) is 4. The Morgan fingerprint density at radius 2 is 1.96 bits per heavy atom. The Kier molecular flexibility index (Phi) is 5.78. The fourth-order valence-electron chi connectivity index (χ4n) is 3.99. The Morgan fingerprint density at radius 1 is 1.18 bits per heavy atom. The van der Waals surface area contributed by atoms with Crippen LogP contribution in [0.2, 0.25) is 0 Å². The van der Waals surface area contributed by atoms with Crippen LogP contribution in [0.4, 0.5) is 0 Å². The van der Waals surface area contributed by atoms with Crippen molar-refractivity contribution in [2.24, 2.45) is 7.05 Å². The molecule has 1 saturated heterocycles. The standard InChI is InChI=1S/C22H28N4OS/c1-3-21-23-18(16-28-21)15-25-10-12-26(13-11-25)22(27)9-8-17-14-24(2)20-7-5-4-6-19(17)20/h4-7,14,16H,3,8-13,15H2,1-2H3. The highest BCUT2D eigenvalue weighted by Crippen LogP contribution is 2.22. The number of rotatable bonds is 6. The largest absolute Gasteiger partial charge is 0.350 e. The van der Waals surface area contributed by atoms with Gasteiger partial charge in [-0.3, -0.25) is 9.69 Å². The van der Waals surface area contributed by atoms with Crippen LogP contribution in [-0.4, -0.2) is 51.4 Å². The van der Waals surface area contributed by atoms with Crippen LogP contribution in [0.1, 0.15) is 29.6 Å². The number of para-hydroxylation sites is 1. The van der Waals surface area contributed by atoms with Crippen LogP contribution in [0.5, 0.6) is 0 Å². The number of nitrogens with zero attached hydrogens (tertiary/aromatic N) is 4. The molecule has 3 heterocycles.